The van der Waals surface area contributed by atoms with Gasteiger partial charge in [0.25, 0.3) is 11.8 Å². The first-order valence-corrected chi connectivity index (χ1v) is 10.3. The van der Waals surface area contributed by atoms with Crippen molar-refractivity contribution in [1.82, 2.24) is 20.0 Å². The van der Waals surface area contributed by atoms with E-state index in [9.17, 15) is 9.59 Å². The second-order valence-corrected chi connectivity index (χ2v) is 7.52. The molecule has 166 valence electrons. The summed E-state index contributed by atoms with van der Waals surface area (Å²) in [5.41, 5.74) is 7.18. The number of hydrogen-bond acceptors (Lipinski definition) is 7. The summed E-state index contributed by atoms with van der Waals surface area (Å²) >= 11 is 0. The van der Waals surface area contributed by atoms with Crippen molar-refractivity contribution in [1.29, 1.82) is 0 Å². The lowest BCUT2D eigenvalue weighted by molar-refractivity contribution is 0.0991. The van der Waals surface area contributed by atoms with Crippen molar-refractivity contribution < 1.29 is 14.3 Å². The Morgan fingerprint density at radius 3 is 2.66 bits per heavy atom. The molecule has 6 N–H and O–H groups in total. The van der Waals surface area contributed by atoms with E-state index in [-0.39, 0.29) is 17.6 Å². The van der Waals surface area contributed by atoms with E-state index in [0.29, 0.717) is 34.2 Å². The van der Waals surface area contributed by atoms with E-state index >= 15 is 0 Å². The molecule has 32 heavy (non-hydrogen) atoms. The Kier molecular flexibility index (Phi) is 6.04. The number of nitrogens with one attached hydrogen (secondary N) is 2. The zero-order valence-electron chi connectivity index (χ0n) is 17.7. The van der Waals surface area contributed by atoms with Crippen molar-refractivity contribution in [3.63, 3.8) is 0 Å². The Bertz CT molecular complexity index is 1130. The number of carbonyl (C=O) groups excluding carboxylic acids is 2. The molecule has 2 amide bonds. The van der Waals surface area contributed by atoms with Crippen LogP contribution in [0.1, 0.15) is 52.0 Å². The number of benzene rings is 1. The third-order valence-electron chi connectivity index (χ3n) is 5.42. The van der Waals surface area contributed by atoms with Crippen LogP contribution in [-0.4, -0.2) is 40.1 Å². The lowest BCUT2D eigenvalue weighted by Crippen LogP contribution is -2.32. The Morgan fingerprint density at radius 1 is 1.22 bits per heavy atom. The Labute approximate surface area is 185 Å². The number of nitrogens with two attached hydrogens (primary N) is 2. The van der Waals surface area contributed by atoms with Crippen molar-refractivity contribution in [3.05, 3.63) is 59.7 Å². The average Bonchev–Trinajstić information content (AvgIpc) is 3.17. The van der Waals surface area contributed by atoms with Crippen LogP contribution in [0.25, 0.3) is 11.3 Å². The van der Waals surface area contributed by atoms with Gasteiger partial charge in [0, 0.05) is 23.4 Å². The van der Waals surface area contributed by atoms with Gasteiger partial charge in [0.05, 0.1) is 13.2 Å². The van der Waals surface area contributed by atoms with Crippen LogP contribution in [0.2, 0.25) is 0 Å². The minimum atomic E-state index is -0.664. The van der Waals surface area contributed by atoms with Crippen LogP contribution in [-0.2, 0) is 0 Å². The maximum atomic E-state index is 12.6. The van der Waals surface area contributed by atoms with Crippen LogP contribution < -0.4 is 26.9 Å². The van der Waals surface area contributed by atoms with Crippen LogP contribution in [0.4, 0.5) is 5.82 Å². The highest BCUT2D eigenvalue weighted by molar-refractivity contribution is 6.04. The number of anilines is 1. The molecule has 0 bridgehead atoms. The molecule has 1 aromatic carbocycles. The molecule has 1 saturated heterocycles. The predicted octanol–water partition coefficient (Wildman–Crippen LogP) is 1.83. The molecule has 0 saturated carbocycles. The van der Waals surface area contributed by atoms with E-state index in [4.69, 9.17) is 16.3 Å². The standard InChI is InChI=1S/C22H25N7O3/c1-32-15-9-11-26-17(12-15)27-22(31)14-7-5-13(6-8-14)18-19(20(23)30)29(24)21(28-18)16-4-2-3-10-25-16/h5-9,11-12,16,25H,2-4,10,24H2,1H3,(H2,23,30)(H,26,27,31)/t16-/m0/s1. The lowest BCUT2D eigenvalue weighted by Gasteiger charge is -2.22. The molecule has 10 nitrogen and oxygen atoms in total. The normalized spacial score (nSPS) is 15.8. The first kappa shape index (κ1) is 21.3. The fourth-order valence-electron chi connectivity index (χ4n) is 3.78. The van der Waals surface area contributed by atoms with Gasteiger partial charge < -0.3 is 26.9 Å². The number of rotatable bonds is 6. The monoisotopic (exact) mass is 435 g/mol. The minimum Gasteiger partial charge on any atom is -0.497 e. The SMILES string of the molecule is COc1ccnc(NC(=O)c2ccc(-c3nc([C@@H]4CCCCN4)n(N)c3C(N)=O)cc2)c1. The van der Waals surface area contributed by atoms with Crippen molar-refractivity contribution in [3.8, 4) is 17.0 Å². The maximum Gasteiger partial charge on any atom is 0.269 e. The molecule has 10 heteroatoms. The number of piperidine rings is 1. The number of hydrogen-bond donors (Lipinski definition) is 4. The third-order valence-corrected chi connectivity index (χ3v) is 5.42. The van der Waals surface area contributed by atoms with Gasteiger partial charge in [0.15, 0.2) is 5.69 Å². The van der Waals surface area contributed by atoms with E-state index in [1.165, 1.54) is 4.68 Å². The summed E-state index contributed by atoms with van der Waals surface area (Å²) in [6.07, 6.45) is 4.57. The number of nitrogen functional groups attached to an aromatic ring is 1. The zero-order valence-corrected chi connectivity index (χ0v) is 17.7. The smallest absolute Gasteiger partial charge is 0.269 e. The van der Waals surface area contributed by atoms with Gasteiger partial charge >= 0.3 is 0 Å². The molecule has 4 rings (SSSR count). The summed E-state index contributed by atoms with van der Waals surface area (Å²) in [4.78, 5) is 33.5. The van der Waals surface area contributed by atoms with E-state index in [1.807, 2.05) is 0 Å². The quantitative estimate of drug-likeness (QED) is 0.431. The van der Waals surface area contributed by atoms with Gasteiger partial charge in [-0.25, -0.2) is 14.6 Å². The van der Waals surface area contributed by atoms with Crippen LogP contribution in [0.5, 0.6) is 5.75 Å². The number of methoxy groups -OCH3 is 1. The van der Waals surface area contributed by atoms with Crippen LogP contribution >= 0.6 is 0 Å². The van der Waals surface area contributed by atoms with Gasteiger partial charge in [0.2, 0.25) is 0 Å². The van der Waals surface area contributed by atoms with E-state index < -0.39 is 5.91 Å². The number of ether oxygens (including phenoxy) is 1. The molecule has 3 aromatic rings. The van der Waals surface area contributed by atoms with Crippen molar-refractivity contribution in [2.24, 2.45) is 5.73 Å². The molecule has 3 heterocycles. The second kappa shape index (κ2) is 9.06. The largest absolute Gasteiger partial charge is 0.497 e. The van der Waals surface area contributed by atoms with Gasteiger partial charge in [-0.1, -0.05) is 18.6 Å². The molecule has 2 aromatic heterocycles. The number of primary amides is 1. The first-order valence-electron chi connectivity index (χ1n) is 10.3. The molecule has 0 unspecified atom stereocenters. The van der Waals surface area contributed by atoms with Crippen molar-refractivity contribution in [2.75, 3.05) is 24.8 Å². The number of imidazole rings is 1. The highest BCUT2D eigenvalue weighted by Crippen LogP contribution is 2.29. The number of amides is 2. The molecule has 1 aliphatic heterocycles. The fourth-order valence-corrected chi connectivity index (χ4v) is 3.78. The molecular weight excluding hydrogens is 410 g/mol. The van der Waals surface area contributed by atoms with Crippen molar-refractivity contribution >= 4 is 17.6 Å². The summed E-state index contributed by atoms with van der Waals surface area (Å²) in [6.45, 7) is 0.866. The average molecular weight is 435 g/mol. The van der Waals surface area contributed by atoms with Gasteiger partial charge in [-0.3, -0.25) is 9.59 Å². The summed E-state index contributed by atoms with van der Waals surface area (Å²) in [7, 11) is 1.54. The van der Waals surface area contributed by atoms with Crippen LogP contribution in [0.15, 0.2) is 42.6 Å². The first-order chi connectivity index (χ1) is 15.5. The van der Waals surface area contributed by atoms with Gasteiger partial charge in [-0.2, -0.15) is 0 Å². The molecule has 1 fully saturated rings. The van der Waals surface area contributed by atoms with Gasteiger partial charge in [-0.05, 0) is 37.6 Å². The van der Waals surface area contributed by atoms with E-state index in [1.54, 1.807) is 49.7 Å². The Balaban J connectivity index is 1.59. The number of nitrogens with zero attached hydrogens (tertiary/aromatic N) is 3. The summed E-state index contributed by atoms with van der Waals surface area (Å²) < 4.78 is 6.41. The summed E-state index contributed by atoms with van der Waals surface area (Å²) in [5.74, 6) is 6.73. The van der Waals surface area contributed by atoms with Crippen LogP contribution in [0.3, 0.4) is 0 Å². The minimum absolute atomic E-state index is 0.0407. The van der Waals surface area contributed by atoms with Gasteiger partial charge in [0.1, 0.15) is 23.1 Å². The van der Waals surface area contributed by atoms with E-state index in [2.05, 4.69) is 20.6 Å². The second-order valence-electron chi connectivity index (χ2n) is 7.52. The molecule has 0 radical (unpaired) electrons. The molecular formula is C22H25N7O3. The Morgan fingerprint density at radius 2 is 2.00 bits per heavy atom. The lowest BCUT2D eigenvalue weighted by atomic mass is 10.0. The predicted molar refractivity (Wildman–Crippen MR) is 120 cm³/mol. The molecule has 1 aliphatic rings. The molecule has 1 atom stereocenters. The number of pyridine rings is 1. The van der Waals surface area contributed by atoms with Gasteiger partial charge in [-0.15, -0.1) is 0 Å². The Hall–Kier alpha value is -3.92. The zero-order chi connectivity index (χ0) is 22.7. The number of carbonyl (C=O) groups is 2. The summed E-state index contributed by atoms with van der Waals surface area (Å²) in [5, 5.41) is 6.11. The van der Waals surface area contributed by atoms with Crippen molar-refractivity contribution in [2.45, 2.75) is 25.3 Å². The maximum absolute atomic E-state index is 12.6. The summed E-state index contributed by atoms with van der Waals surface area (Å²) in [6, 6.07) is 9.98. The molecule has 0 spiro atoms. The van der Waals surface area contributed by atoms with E-state index in [0.717, 1.165) is 25.8 Å². The highest BCUT2D eigenvalue weighted by atomic mass is 16.5. The van der Waals surface area contributed by atoms with Crippen LogP contribution in [0, 0.1) is 0 Å². The topological polar surface area (TPSA) is 150 Å². The molecule has 0 aliphatic carbocycles. The number of aromatic nitrogens is 3. The highest BCUT2D eigenvalue weighted by Gasteiger charge is 2.27. The third kappa shape index (κ3) is 4.26. The fraction of sp³-hybridized carbons (Fsp3) is 0.273.